The molecule has 3 aromatic rings. The third kappa shape index (κ3) is 4.17. The van der Waals surface area contributed by atoms with Crippen LogP contribution in [0.5, 0.6) is 11.6 Å². The minimum absolute atomic E-state index is 0.245. The standard InChI is InChI=1S/C21H20BrN3O2/c1-13-5-7-17(8-6-13)25(12-26)21-23-11-18(22)20(24-21)27-19-15(3)9-14(2)10-16(19)4/h5-12H,1-4H3. The summed E-state index contributed by atoms with van der Waals surface area (Å²) in [6.07, 6.45) is 2.28. The first-order valence-electron chi connectivity index (χ1n) is 8.48. The number of benzene rings is 2. The maximum absolute atomic E-state index is 11.7. The quantitative estimate of drug-likeness (QED) is 0.502. The molecule has 6 heteroatoms. The van der Waals surface area contributed by atoms with E-state index >= 15 is 0 Å². The van der Waals surface area contributed by atoms with Crippen LogP contribution in [-0.2, 0) is 4.79 Å². The molecule has 0 bridgehead atoms. The van der Waals surface area contributed by atoms with Crippen molar-refractivity contribution >= 4 is 34.0 Å². The van der Waals surface area contributed by atoms with E-state index in [1.165, 1.54) is 10.5 Å². The SMILES string of the molecule is Cc1ccc(N(C=O)c2ncc(Br)c(Oc3c(C)cc(C)cc3C)n2)cc1. The predicted molar refractivity (Wildman–Crippen MR) is 110 cm³/mol. The van der Waals surface area contributed by atoms with Gasteiger partial charge in [0, 0.05) is 0 Å². The Morgan fingerprint density at radius 1 is 1.00 bits per heavy atom. The van der Waals surface area contributed by atoms with Gasteiger partial charge in [-0.3, -0.25) is 9.69 Å². The summed E-state index contributed by atoms with van der Waals surface area (Å²) in [5, 5.41) is 0. The topological polar surface area (TPSA) is 55.3 Å². The number of hydrogen-bond acceptors (Lipinski definition) is 4. The van der Waals surface area contributed by atoms with Gasteiger partial charge >= 0.3 is 0 Å². The normalized spacial score (nSPS) is 10.6. The van der Waals surface area contributed by atoms with Crippen LogP contribution in [0, 0.1) is 27.7 Å². The molecule has 0 fully saturated rings. The van der Waals surface area contributed by atoms with Gasteiger partial charge in [-0.1, -0.05) is 35.4 Å². The molecule has 0 radical (unpaired) electrons. The maximum Gasteiger partial charge on any atom is 0.240 e. The first-order chi connectivity index (χ1) is 12.9. The van der Waals surface area contributed by atoms with Gasteiger partial charge < -0.3 is 4.74 Å². The van der Waals surface area contributed by atoms with Crippen molar-refractivity contribution in [1.82, 2.24) is 9.97 Å². The van der Waals surface area contributed by atoms with E-state index in [0.29, 0.717) is 22.5 Å². The van der Waals surface area contributed by atoms with E-state index in [9.17, 15) is 4.79 Å². The van der Waals surface area contributed by atoms with Gasteiger partial charge in [-0.15, -0.1) is 0 Å². The van der Waals surface area contributed by atoms with Crippen molar-refractivity contribution in [2.75, 3.05) is 4.90 Å². The fraction of sp³-hybridized carbons (Fsp3) is 0.190. The van der Waals surface area contributed by atoms with E-state index in [1.807, 2.05) is 52.0 Å². The number of ether oxygens (including phenoxy) is 1. The van der Waals surface area contributed by atoms with Crippen LogP contribution in [0.1, 0.15) is 22.3 Å². The molecule has 0 N–H and O–H groups in total. The molecule has 0 aliphatic rings. The molecule has 1 amide bonds. The number of aromatic nitrogens is 2. The zero-order valence-electron chi connectivity index (χ0n) is 15.7. The average Bonchev–Trinajstić information content (AvgIpc) is 2.62. The van der Waals surface area contributed by atoms with Gasteiger partial charge in [-0.05, 0) is 66.9 Å². The van der Waals surface area contributed by atoms with E-state index in [1.54, 1.807) is 6.20 Å². The monoisotopic (exact) mass is 425 g/mol. The smallest absolute Gasteiger partial charge is 0.240 e. The molecule has 138 valence electrons. The van der Waals surface area contributed by atoms with Crippen LogP contribution in [0.2, 0.25) is 0 Å². The van der Waals surface area contributed by atoms with Crippen molar-refractivity contribution in [3.8, 4) is 11.6 Å². The fourth-order valence-corrected chi connectivity index (χ4v) is 3.16. The second-order valence-electron chi connectivity index (χ2n) is 6.46. The van der Waals surface area contributed by atoms with Crippen LogP contribution in [0.4, 0.5) is 11.6 Å². The third-order valence-electron chi connectivity index (χ3n) is 4.14. The van der Waals surface area contributed by atoms with Crippen molar-refractivity contribution in [3.63, 3.8) is 0 Å². The lowest BCUT2D eigenvalue weighted by Crippen LogP contribution is -2.17. The molecule has 2 aromatic carbocycles. The Kier molecular flexibility index (Phi) is 5.56. The van der Waals surface area contributed by atoms with Crippen LogP contribution in [0.25, 0.3) is 0 Å². The highest BCUT2D eigenvalue weighted by molar-refractivity contribution is 9.10. The van der Waals surface area contributed by atoms with E-state index < -0.39 is 0 Å². The number of anilines is 2. The molecular weight excluding hydrogens is 406 g/mol. The van der Waals surface area contributed by atoms with E-state index in [0.717, 1.165) is 22.4 Å². The summed E-state index contributed by atoms with van der Waals surface area (Å²) in [4.78, 5) is 21.8. The van der Waals surface area contributed by atoms with Crippen LogP contribution < -0.4 is 9.64 Å². The summed E-state index contributed by atoms with van der Waals surface area (Å²) in [5.41, 5.74) is 5.00. The highest BCUT2D eigenvalue weighted by Crippen LogP contribution is 2.34. The largest absolute Gasteiger partial charge is 0.437 e. The van der Waals surface area contributed by atoms with E-state index in [4.69, 9.17) is 4.74 Å². The molecule has 3 rings (SSSR count). The molecule has 0 aliphatic carbocycles. The summed E-state index contributed by atoms with van der Waals surface area (Å²) in [6, 6.07) is 11.7. The van der Waals surface area contributed by atoms with Gasteiger partial charge in [0.25, 0.3) is 0 Å². The van der Waals surface area contributed by atoms with Crippen LogP contribution in [0.3, 0.4) is 0 Å². The van der Waals surface area contributed by atoms with Crippen LogP contribution in [0.15, 0.2) is 47.1 Å². The number of amides is 1. The molecule has 0 spiro atoms. The fourth-order valence-electron chi connectivity index (χ4n) is 2.88. The summed E-state index contributed by atoms with van der Waals surface area (Å²) in [7, 11) is 0. The summed E-state index contributed by atoms with van der Waals surface area (Å²) < 4.78 is 6.69. The second-order valence-corrected chi connectivity index (χ2v) is 7.32. The van der Waals surface area contributed by atoms with Gasteiger partial charge in [0.1, 0.15) is 5.75 Å². The number of nitrogens with zero attached hydrogens (tertiary/aromatic N) is 3. The predicted octanol–water partition coefficient (Wildman–Crippen LogP) is 5.56. The molecular formula is C21H20BrN3O2. The Balaban J connectivity index is 1.99. The molecule has 1 heterocycles. The minimum atomic E-state index is 0.245. The van der Waals surface area contributed by atoms with Crippen LogP contribution >= 0.6 is 15.9 Å². The number of halogens is 1. The number of hydrogen-bond donors (Lipinski definition) is 0. The summed E-state index contributed by atoms with van der Waals surface area (Å²) >= 11 is 3.43. The molecule has 5 nitrogen and oxygen atoms in total. The lowest BCUT2D eigenvalue weighted by molar-refractivity contribution is -0.106. The second kappa shape index (κ2) is 7.88. The molecule has 0 atom stereocenters. The van der Waals surface area contributed by atoms with Crippen molar-refractivity contribution in [2.45, 2.75) is 27.7 Å². The number of aryl methyl sites for hydroxylation is 4. The number of carbonyl (C=O) groups is 1. The lowest BCUT2D eigenvalue weighted by atomic mass is 10.1. The summed E-state index contributed by atoms with van der Waals surface area (Å²) in [6.45, 7) is 8.03. The maximum atomic E-state index is 11.7. The first kappa shape index (κ1) is 19.0. The highest BCUT2D eigenvalue weighted by Gasteiger charge is 2.16. The highest BCUT2D eigenvalue weighted by atomic mass is 79.9. The Hall–Kier alpha value is -2.73. The Labute approximate surface area is 167 Å². The Morgan fingerprint density at radius 3 is 2.22 bits per heavy atom. The van der Waals surface area contributed by atoms with Crippen LogP contribution in [-0.4, -0.2) is 16.4 Å². The average molecular weight is 426 g/mol. The molecule has 0 unspecified atom stereocenters. The van der Waals surface area contributed by atoms with Gasteiger partial charge in [-0.25, -0.2) is 4.98 Å². The van der Waals surface area contributed by atoms with Crippen molar-refractivity contribution < 1.29 is 9.53 Å². The minimum Gasteiger partial charge on any atom is -0.437 e. The zero-order chi connectivity index (χ0) is 19.6. The lowest BCUT2D eigenvalue weighted by Gasteiger charge is -2.18. The van der Waals surface area contributed by atoms with E-state index in [-0.39, 0.29) is 5.95 Å². The molecule has 27 heavy (non-hydrogen) atoms. The first-order valence-corrected chi connectivity index (χ1v) is 9.28. The van der Waals surface area contributed by atoms with Crippen molar-refractivity contribution in [1.29, 1.82) is 0 Å². The van der Waals surface area contributed by atoms with Gasteiger partial charge in [0.2, 0.25) is 18.2 Å². The molecule has 0 aliphatic heterocycles. The van der Waals surface area contributed by atoms with Crippen molar-refractivity contribution in [2.24, 2.45) is 0 Å². The summed E-state index contributed by atoms with van der Waals surface area (Å²) in [5.74, 6) is 1.35. The van der Waals surface area contributed by atoms with E-state index in [2.05, 4.69) is 38.0 Å². The van der Waals surface area contributed by atoms with Gasteiger partial charge in [0.05, 0.1) is 16.4 Å². The number of rotatable bonds is 5. The number of carbonyl (C=O) groups excluding carboxylic acids is 1. The Bertz CT molecular complexity index is 964. The van der Waals surface area contributed by atoms with Gasteiger partial charge in [-0.2, -0.15) is 4.98 Å². The molecule has 0 saturated heterocycles. The third-order valence-corrected chi connectivity index (χ3v) is 4.68. The van der Waals surface area contributed by atoms with Crippen molar-refractivity contribution in [3.05, 3.63) is 69.3 Å². The Morgan fingerprint density at radius 2 is 1.63 bits per heavy atom. The molecule has 1 aromatic heterocycles. The molecule has 0 saturated carbocycles. The van der Waals surface area contributed by atoms with Gasteiger partial charge in [0.15, 0.2) is 0 Å². The zero-order valence-corrected chi connectivity index (χ0v) is 17.2.